The van der Waals surface area contributed by atoms with Gasteiger partial charge in [0.1, 0.15) is 6.29 Å². The number of rotatable bonds is 1. The maximum Gasteiger partial charge on any atom is 0.123 e. The zero-order valence-electron chi connectivity index (χ0n) is 7.38. The van der Waals surface area contributed by atoms with Crippen LogP contribution in [0.25, 0.3) is 0 Å². The predicted octanol–water partition coefficient (Wildman–Crippen LogP) is 2.79. The molecule has 0 radical (unpaired) electrons. The number of carbonyl (C=O) groups is 1. The van der Waals surface area contributed by atoms with Gasteiger partial charge in [-0.3, -0.25) is 0 Å². The predicted molar refractivity (Wildman–Crippen MR) is 46.4 cm³/mol. The van der Waals surface area contributed by atoms with E-state index in [4.69, 9.17) is 0 Å². The van der Waals surface area contributed by atoms with Gasteiger partial charge in [-0.25, -0.2) is 0 Å². The van der Waals surface area contributed by atoms with Crippen molar-refractivity contribution < 1.29 is 4.79 Å². The molecular weight excluding hydrogens is 136 g/mol. The second kappa shape index (κ2) is 4.53. The first-order chi connectivity index (χ1) is 5.34. The van der Waals surface area contributed by atoms with Gasteiger partial charge < -0.3 is 4.79 Å². The Balaban J connectivity index is 2.39. The fraction of sp³-hybridized carbons (Fsp3) is 0.900. The fourth-order valence-electron chi connectivity index (χ4n) is 1.90. The molecule has 1 nitrogen and oxygen atoms in total. The summed E-state index contributed by atoms with van der Waals surface area (Å²) >= 11 is 0. The maximum atomic E-state index is 10.6. The van der Waals surface area contributed by atoms with Gasteiger partial charge in [0.25, 0.3) is 0 Å². The molecule has 0 amide bonds. The second-order valence-electron chi connectivity index (χ2n) is 3.77. The Morgan fingerprint density at radius 3 is 2.36 bits per heavy atom. The SMILES string of the molecule is CC1CCCCCCC1C=O. The van der Waals surface area contributed by atoms with Crippen LogP contribution in [0.1, 0.15) is 45.4 Å². The van der Waals surface area contributed by atoms with Crippen LogP contribution in [0, 0.1) is 11.8 Å². The summed E-state index contributed by atoms with van der Waals surface area (Å²) in [5.41, 5.74) is 0. The molecule has 1 saturated carbocycles. The van der Waals surface area contributed by atoms with Crippen molar-refractivity contribution in [1.29, 1.82) is 0 Å². The van der Waals surface area contributed by atoms with Crippen molar-refractivity contribution in [2.75, 3.05) is 0 Å². The van der Waals surface area contributed by atoms with E-state index >= 15 is 0 Å². The van der Waals surface area contributed by atoms with E-state index in [1.54, 1.807) is 0 Å². The fourth-order valence-corrected chi connectivity index (χ4v) is 1.90. The van der Waals surface area contributed by atoms with Crippen LogP contribution in [0.5, 0.6) is 0 Å². The highest BCUT2D eigenvalue weighted by atomic mass is 16.1. The highest BCUT2D eigenvalue weighted by Gasteiger charge is 2.17. The number of hydrogen-bond acceptors (Lipinski definition) is 1. The summed E-state index contributed by atoms with van der Waals surface area (Å²) in [7, 11) is 0. The van der Waals surface area contributed by atoms with Crippen LogP contribution in [-0.2, 0) is 4.79 Å². The molecule has 1 aliphatic rings. The number of aldehydes is 1. The molecule has 0 bridgehead atoms. The van der Waals surface area contributed by atoms with Crippen molar-refractivity contribution >= 4 is 6.29 Å². The van der Waals surface area contributed by atoms with E-state index in [1.165, 1.54) is 32.1 Å². The molecule has 1 aliphatic carbocycles. The lowest BCUT2D eigenvalue weighted by Crippen LogP contribution is -2.14. The summed E-state index contributed by atoms with van der Waals surface area (Å²) in [6, 6.07) is 0. The molecule has 1 heteroatoms. The van der Waals surface area contributed by atoms with Crippen LogP contribution in [0.3, 0.4) is 0 Å². The lowest BCUT2D eigenvalue weighted by molar-refractivity contribution is -0.112. The number of hydrogen-bond donors (Lipinski definition) is 0. The van der Waals surface area contributed by atoms with Crippen LogP contribution < -0.4 is 0 Å². The Morgan fingerprint density at radius 2 is 1.73 bits per heavy atom. The van der Waals surface area contributed by atoms with Crippen LogP contribution >= 0.6 is 0 Å². The first-order valence-corrected chi connectivity index (χ1v) is 4.80. The Labute approximate surface area is 69.2 Å². The first kappa shape index (κ1) is 8.76. The Hall–Kier alpha value is -0.330. The smallest absolute Gasteiger partial charge is 0.123 e. The Bertz CT molecular complexity index is 120. The van der Waals surface area contributed by atoms with Crippen molar-refractivity contribution in [3.8, 4) is 0 Å². The van der Waals surface area contributed by atoms with Crippen LogP contribution in [0.4, 0.5) is 0 Å². The standard InChI is InChI=1S/C10H18O/c1-9-6-4-2-3-5-7-10(9)8-11/h8-10H,2-7H2,1H3. The Kier molecular flexibility index (Phi) is 3.61. The summed E-state index contributed by atoms with van der Waals surface area (Å²) in [5.74, 6) is 0.989. The minimum atomic E-state index is 0.357. The van der Waals surface area contributed by atoms with Gasteiger partial charge in [0.05, 0.1) is 0 Å². The quantitative estimate of drug-likeness (QED) is 0.531. The van der Waals surface area contributed by atoms with Crippen LogP contribution in [0.2, 0.25) is 0 Å². The van der Waals surface area contributed by atoms with Gasteiger partial charge in [-0.2, -0.15) is 0 Å². The molecule has 0 aromatic carbocycles. The molecule has 64 valence electrons. The van der Waals surface area contributed by atoms with E-state index in [0.717, 1.165) is 12.7 Å². The van der Waals surface area contributed by atoms with E-state index in [9.17, 15) is 4.79 Å². The van der Waals surface area contributed by atoms with E-state index < -0.39 is 0 Å². The summed E-state index contributed by atoms with van der Waals surface area (Å²) in [6.45, 7) is 2.21. The largest absolute Gasteiger partial charge is 0.303 e. The summed E-state index contributed by atoms with van der Waals surface area (Å²) in [4.78, 5) is 10.6. The van der Waals surface area contributed by atoms with E-state index in [-0.39, 0.29) is 0 Å². The van der Waals surface area contributed by atoms with Crippen molar-refractivity contribution in [2.45, 2.75) is 45.4 Å². The van der Waals surface area contributed by atoms with Crippen molar-refractivity contribution in [2.24, 2.45) is 11.8 Å². The maximum absolute atomic E-state index is 10.6. The minimum Gasteiger partial charge on any atom is -0.303 e. The summed E-state index contributed by atoms with van der Waals surface area (Å²) in [5, 5.41) is 0. The van der Waals surface area contributed by atoms with Gasteiger partial charge in [-0.05, 0) is 12.3 Å². The van der Waals surface area contributed by atoms with E-state index in [1.807, 2.05) is 0 Å². The molecule has 0 spiro atoms. The molecule has 0 aromatic rings. The van der Waals surface area contributed by atoms with Gasteiger partial charge in [0.2, 0.25) is 0 Å². The van der Waals surface area contributed by atoms with Crippen molar-refractivity contribution in [3.05, 3.63) is 0 Å². The normalized spacial score (nSPS) is 33.9. The van der Waals surface area contributed by atoms with Gasteiger partial charge >= 0.3 is 0 Å². The molecule has 0 N–H and O–H groups in total. The van der Waals surface area contributed by atoms with Crippen LogP contribution in [-0.4, -0.2) is 6.29 Å². The topological polar surface area (TPSA) is 17.1 Å². The zero-order valence-corrected chi connectivity index (χ0v) is 7.38. The summed E-state index contributed by atoms with van der Waals surface area (Å²) in [6.07, 6.45) is 8.83. The Morgan fingerprint density at radius 1 is 1.09 bits per heavy atom. The third-order valence-electron chi connectivity index (χ3n) is 2.85. The molecule has 2 unspecified atom stereocenters. The van der Waals surface area contributed by atoms with Crippen molar-refractivity contribution in [1.82, 2.24) is 0 Å². The molecule has 0 heterocycles. The van der Waals surface area contributed by atoms with Gasteiger partial charge in [0, 0.05) is 5.92 Å². The number of carbonyl (C=O) groups excluding carboxylic acids is 1. The molecule has 11 heavy (non-hydrogen) atoms. The molecule has 0 aromatic heterocycles. The second-order valence-corrected chi connectivity index (χ2v) is 3.77. The average Bonchev–Trinajstić information content (AvgIpc) is 1.98. The van der Waals surface area contributed by atoms with Gasteiger partial charge in [0.15, 0.2) is 0 Å². The minimum absolute atomic E-state index is 0.357. The van der Waals surface area contributed by atoms with E-state index in [2.05, 4.69) is 6.92 Å². The highest BCUT2D eigenvalue weighted by Crippen LogP contribution is 2.25. The lowest BCUT2D eigenvalue weighted by Gasteiger charge is -2.21. The molecule has 2 atom stereocenters. The molecule has 1 rings (SSSR count). The van der Waals surface area contributed by atoms with Crippen molar-refractivity contribution in [3.63, 3.8) is 0 Å². The van der Waals surface area contributed by atoms with Gasteiger partial charge in [-0.15, -0.1) is 0 Å². The summed E-state index contributed by atoms with van der Waals surface area (Å²) < 4.78 is 0. The van der Waals surface area contributed by atoms with Crippen LogP contribution in [0.15, 0.2) is 0 Å². The highest BCUT2D eigenvalue weighted by molar-refractivity contribution is 5.53. The average molecular weight is 154 g/mol. The molecule has 0 aliphatic heterocycles. The van der Waals surface area contributed by atoms with Gasteiger partial charge in [-0.1, -0.05) is 39.0 Å². The van der Waals surface area contributed by atoms with E-state index in [0.29, 0.717) is 11.8 Å². The molecule has 1 fully saturated rings. The third-order valence-corrected chi connectivity index (χ3v) is 2.85. The third kappa shape index (κ3) is 2.64. The molecular formula is C10H18O. The first-order valence-electron chi connectivity index (χ1n) is 4.80. The monoisotopic (exact) mass is 154 g/mol. The lowest BCUT2D eigenvalue weighted by atomic mass is 9.84. The zero-order chi connectivity index (χ0) is 8.10. The molecule has 0 saturated heterocycles.